The number of halogens is 3. The molecule has 2 heterocycles. The number of hydrazone groups is 1. The van der Waals surface area contributed by atoms with E-state index in [2.05, 4.69) is 10.1 Å². The van der Waals surface area contributed by atoms with E-state index in [0.29, 0.717) is 11.5 Å². The predicted molar refractivity (Wildman–Crippen MR) is 74.3 cm³/mol. The summed E-state index contributed by atoms with van der Waals surface area (Å²) in [7, 11) is 0. The third-order valence-electron chi connectivity index (χ3n) is 3.17. The third-order valence-corrected chi connectivity index (χ3v) is 3.17. The maximum atomic E-state index is 12.7. The van der Waals surface area contributed by atoms with Crippen LogP contribution in [-0.2, 0) is 11.0 Å². The molecule has 1 aliphatic rings. The molecule has 0 spiro atoms. The molecule has 1 amide bonds. The van der Waals surface area contributed by atoms with Crippen LogP contribution >= 0.6 is 0 Å². The van der Waals surface area contributed by atoms with Crippen molar-refractivity contribution in [1.82, 2.24) is 4.98 Å². The second kappa shape index (κ2) is 5.25. The van der Waals surface area contributed by atoms with Gasteiger partial charge in [0.15, 0.2) is 5.82 Å². The minimum Gasteiger partial charge on any atom is -0.272 e. The molecular formula is C15H10F3N3O. The lowest BCUT2D eigenvalue weighted by atomic mass is 10.0. The smallest absolute Gasteiger partial charge is 0.272 e. The average Bonchev–Trinajstić information content (AvgIpc) is 2.89. The fourth-order valence-corrected chi connectivity index (χ4v) is 2.12. The Bertz CT molecular complexity index is 741. The Labute approximate surface area is 123 Å². The Hall–Kier alpha value is -2.70. The maximum absolute atomic E-state index is 12.7. The number of hydrogen-bond donors (Lipinski definition) is 0. The Balaban J connectivity index is 1.95. The molecular weight excluding hydrogens is 295 g/mol. The molecule has 0 atom stereocenters. The van der Waals surface area contributed by atoms with Gasteiger partial charge in [0.2, 0.25) is 0 Å². The second-order valence-corrected chi connectivity index (χ2v) is 4.70. The van der Waals surface area contributed by atoms with E-state index in [0.717, 1.165) is 17.1 Å². The van der Waals surface area contributed by atoms with Gasteiger partial charge in [-0.05, 0) is 29.8 Å². The number of carbonyl (C=O) groups excluding carboxylic acids is 1. The molecule has 0 unspecified atom stereocenters. The van der Waals surface area contributed by atoms with Gasteiger partial charge in [0.25, 0.3) is 5.91 Å². The van der Waals surface area contributed by atoms with E-state index in [1.807, 2.05) is 0 Å². The molecule has 7 heteroatoms. The van der Waals surface area contributed by atoms with E-state index in [9.17, 15) is 18.0 Å². The number of carbonyl (C=O) groups is 1. The highest BCUT2D eigenvalue weighted by Crippen LogP contribution is 2.30. The van der Waals surface area contributed by atoms with E-state index in [-0.39, 0.29) is 17.9 Å². The summed E-state index contributed by atoms with van der Waals surface area (Å²) in [5.74, 6) is 0.0144. The van der Waals surface area contributed by atoms with Crippen LogP contribution in [0.25, 0.3) is 0 Å². The van der Waals surface area contributed by atoms with Crippen LogP contribution in [0.15, 0.2) is 53.8 Å². The van der Waals surface area contributed by atoms with Crippen LogP contribution in [-0.4, -0.2) is 16.6 Å². The lowest BCUT2D eigenvalue weighted by molar-refractivity contribution is -0.137. The molecule has 2 aromatic rings. The summed E-state index contributed by atoms with van der Waals surface area (Å²) in [4.78, 5) is 16.0. The van der Waals surface area contributed by atoms with Crippen molar-refractivity contribution in [2.75, 3.05) is 5.01 Å². The van der Waals surface area contributed by atoms with E-state index in [1.165, 1.54) is 18.3 Å². The van der Waals surface area contributed by atoms with Crippen molar-refractivity contribution in [3.63, 3.8) is 0 Å². The summed E-state index contributed by atoms with van der Waals surface area (Å²) in [5, 5.41) is 5.21. The number of aromatic nitrogens is 1. The molecule has 0 aliphatic carbocycles. The normalized spacial score (nSPS) is 15.1. The molecule has 4 nitrogen and oxygen atoms in total. The fraction of sp³-hybridized carbons (Fsp3) is 0.133. The van der Waals surface area contributed by atoms with Crippen molar-refractivity contribution in [2.45, 2.75) is 12.6 Å². The van der Waals surface area contributed by atoms with Crippen molar-refractivity contribution >= 4 is 17.4 Å². The number of pyridine rings is 1. The van der Waals surface area contributed by atoms with Crippen LogP contribution in [0, 0.1) is 0 Å². The third kappa shape index (κ3) is 2.69. The minimum absolute atomic E-state index is 0.0577. The van der Waals surface area contributed by atoms with Gasteiger partial charge >= 0.3 is 6.18 Å². The summed E-state index contributed by atoms with van der Waals surface area (Å²) in [5.41, 5.74) is -0.195. The molecule has 1 aromatic carbocycles. The first-order chi connectivity index (χ1) is 10.4. The highest BCUT2D eigenvalue weighted by molar-refractivity contribution is 6.19. The first kappa shape index (κ1) is 14.2. The van der Waals surface area contributed by atoms with Crippen LogP contribution in [0.2, 0.25) is 0 Å². The topological polar surface area (TPSA) is 45.6 Å². The van der Waals surface area contributed by atoms with E-state index in [1.54, 1.807) is 18.2 Å². The van der Waals surface area contributed by atoms with Crippen molar-refractivity contribution in [1.29, 1.82) is 0 Å². The molecule has 22 heavy (non-hydrogen) atoms. The van der Waals surface area contributed by atoms with Crippen molar-refractivity contribution in [2.24, 2.45) is 5.10 Å². The minimum atomic E-state index is -4.43. The highest BCUT2D eigenvalue weighted by atomic mass is 19.4. The van der Waals surface area contributed by atoms with Gasteiger partial charge in [-0.25, -0.2) is 4.98 Å². The molecule has 3 rings (SSSR count). The Morgan fingerprint density at radius 3 is 2.59 bits per heavy atom. The fourth-order valence-electron chi connectivity index (χ4n) is 2.12. The molecule has 0 bridgehead atoms. The van der Waals surface area contributed by atoms with E-state index in [4.69, 9.17) is 0 Å². The maximum Gasteiger partial charge on any atom is 0.416 e. The number of hydrogen-bond acceptors (Lipinski definition) is 3. The van der Waals surface area contributed by atoms with Gasteiger partial charge < -0.3 is 0 Å². The zero-order valence-electron chi connectivity index (χ0n) is 11.2. The SMILES string of the molecule is O=C1CC(c2cccc(C(F)(F)F)c2)=NN1c1ccccn1. The van der Waals surface area contributed by atoms with Gasteiger partial charge in [-0.15, -0.1) is 0 Å². The molecule has 112 valence electrons. The van der Waals surface area contributed by atoms with Crippen LogP contribution < -0.4 is 5.01 Å². The highest BCUT2D eigenvalue weighted by Gasteiger charge is 2.32. The zero-order chi connectivity index (χ0) is 15.7. The Kier molecular flexibility index (Phi) is 3.40. The van der Waals surface area contributed by atoms with Gasteiger partial charge in [-0.2, -0.15) is 23.3 Å². The van der Waals surface area contributed by atoms with Crippen molar-refractivity contribution < 1.29 is 18.0 Å². The van der Waals surface area contributed by atoms with Crippen LogP contribution in [0.4, 0.5) is 19.0 Å². The van der Waals surface area contributed by atoms with Gasteiger partial charge in [-0.1, -0.05) is 18.2 Å². The number of nitrogens with zero attached hydrogens (tertiary/aromatic N) is 3. The summed E-state index contributed by atoms with van der Waals surface area (Å²) in [6, 6.07) is 9.79. The monoisotopic (exact) mass is 305 g/mol. The number of alkyl halides is 3. The molecule has 0 N–H and O–H groups in total. The van der Waals surface area contributed by atoms with Gasteiger partial charge in [-0.3, -0.25) is 4.79 Å². The van der Waals surface area contributed by atoms with Crippen molar-refractivity contribution in [3.8, 4) is 0 Å². The number of amides is 1. The first-order valence-electron chi connectivity index (χ1n) is 6.44. The zero-order valence-corrected chi connectivity index (χ0v) is 11.2. The van der Waals surface area contributed by atoms with Gasteiger partial charge in [0, 0.05) is 6.20 Å². The molecule has 0 radical (unpaired) electrons. The van der Waals surface area contributed by atoms with Gasteiger partial charge in [0.05, 0.1) is 17.7 Å². The van der Waals surface area contributed by atoms with Crippen molar-refractivity contribution in [3.05, 3.63) is 59.8 Å². The molecule has 1 aromatic heterocycles. The van der Waals surface area contributed by atoms with E-state index >= 15 is 0 Å². The summed E-state index contributed by atoms with van der Waals surface area (Å²) in [6.07, 6.45) is -2.97. The standard InChI is InChI=1S/C15H10F3N3O/c16-15(17,18)11-5-3-4-10(8-11)12-9-14(22)21(20-12)13-6-1-2-7-19-13/h1-8H,9H2. The lowest BCUT2D eigenvalue weighted by Gasteiger charge is -2.09. The predicted octanol–water partition coefficient (Wildman–Crippen LogP) is 3.24. The number of benzene rings is 1. The molecule has 0 saturated heterocycles. The Morgan fingerprint density at radius 1 is 1.09 bits per heavy atom. The van der Waals surface area contributed by atoms with Crippen LogP contribution in [0.5, 0.6) is 0 Å². The summed E-state index contributed by atoms with van der Waals surface area (Å²) >= 11 is 0. The summed E-state index contributed by atoms with van der Waals surface area (Å²) in [6.45, 7) is 0. The number of rotatable bonds is 2. The second-order valence-electron chi connectivity index (χ2n) is 4.70. The van der Waals surface area contributed by atoms with Crippen LogP contribution in [0.1, 0.15) is 17.5 Å². The summed E-state index contributed by atoms with van der Waals surface area (Å²) < 4.78 is 38.2. The average molecular weight is 305 g/mol. The van der Waals surface area contributed by atoms with E-state index < -0.39 is 11.7 Å². The Morgan fingerprint density at radius 2 is 1.91 bits per heavy atom. The molecule has 1 aliphatic heterocycles. The lowest BCUT2D eigenvalue weighted by Crippen LogP contribution is -2.20. The molecule has 0 saturated carbocycles. The largest absolute Gasteiger partial charge is 0.416 e. The number of anilines is 1. The quantitative estimate of drug-likeness (QED) is 0.855. The van der Waals surface area contributed by atoms with Gasteiger partial charge in [0.1, 0.15) is 0 Å². The van der Waals surface area contributed by atoms with Crippen LogP contribution in [0.3, 0.4) is 0 Å². The molecule has 0 fully saturated rings. The first-order valence-corrected chi connectivity index (χ1v) is 6.44.